The van der Waals surface area contributed by atoms with E-state index in [-0.39, 0.29) is 5.82 Å². The maximum Gasteiger partial charge on any atom is 0.169 e. The van der Waals surface area contributed by atoms with Gasteiger partial charge in [0, 0.05) is 43.7 Å². The lowest BCUT2D eigenvalue weighted by Gasteiger charge is -2.35. The fraction of sp³-hybridized carbons (Fsp3) is 0.391. The zero-order chi connectivity index (χ0) is 21.8. The number of hydrogen-bond acceptors (Lipinski definition) is 7. The molecule has 0 N–H and O–H groups in total. The summed E-state index contributed by atoms with van der Waals surface area (Å²) < 4.78 is 13.1. The molecule has 8 heteroatoms. The predicted molar refractivity (Wildman–Crippen MR) is 121 cm³/mol. The quantitative estimate of drug-likeness (QED) is 0.581. The highest BCUT2D eigenvalue weighted by molar-refractivity contribution is 7.13. The number of piperazine rings is 1. The molecule has 0 saturated carbocycles. The van der Waals surface area contributed by atoms with E-state index in [4.69, 9.17) is 4.98 Å². The number of aryl methyl sites for hydroxylation is 1. The summed E-state index contributed by atoms with van der Waals surface area (Å²) in [7, 11) is 0. The van der Waals surface area contributed by atoms with Crippen molar-refractivity contribution in [1.29, 1.82) is 5.26 Å². The van der Waals surface area contributed by atoms with E-state index in [0.717, 1.165) is 73.1 Å². The first-order valence-electron chi connectivity index (χ1n) is 10.6. The van der Waals surface area contributed by atoms with E-state index in [9.17, 15) is 9.65 Å². The lowest BCUT2D eigenvalue weighted by Crippen LogP contribution is -2.46. The molecule has 0 amide bonds. The highest BCUT2D eigenvalue weighted by Crippen LogP contribution is 2.26. The lowest BCUT2D eigenvalue weighted by atomic mass is 10.0. The third kappa shape index (κ3) is 4.58. The molecule has 1 fully saturated rings. The van der Waals surface area contributed by atoms with Gasteiger partial charge in [-0.3, -0.25) is 4.90 Å². The Balaban J connectivity index is 1.41. The van der Waals surface area contributed by atoms with Gasteiger partial charge in [0.2, 0.25) is 0 Å². The van der Waals surface area contributed by atoms with Crippen LogP contribution in [0.2, 0.25) is 0 Å². The fourth-order valence-corrected chi connectivity index (χ4v) is 4.77. The summed E-state index contributed by atoms with van der Waals surface area (Å²) >= 11 is 1.58. The molecule has 3 heterocycles. The monoisotopic (exact) mass is 436 g/mol. The molecule has 0 aliphatic carbocycles. The number of thiazole rings is 1. The molecule has 0 radical (unpaired) electrons. The molecule has 1 aliphatic rings. The van der Waals surface area contributed by atoms with Crippen LogP contribution in [0.4, 0.5) is 10.2 Å². The van der Waals surface area contributed by atoms with E-state index in [0.29, 0.717) is 11.4 Å². The number of rotatable bonds is 6. The Morgan fingerprint density at radius 1 is 1.06 bits per heavy atom. The van der Waals surface area contributed by atoms with E-state index < -0.39 is 0 Å². The number of benzene rings is 1. The van der Waals surface area contributed by atoms with E-state index in [1.54, 1.807) is 23.5 Å². The number of halogens is 1. The molecular formula is C23H25FN6S. The SMILES string of the molecule is CCc1nnc(N2CCN(Cc3csc(-c4ccc(F)cc4)n3)CC2)c(C#N)c1CC. The first-order chi connectivity index (χ1) is 15.1. The molecule has 3 aromatic rings. The number of hydrogen-bond donors (Lipinski definition) is 0. The van der Waals surface area contributed by atoms with Crippen LogP contribution in [0, 0.1) is 17.1 Å². The summed E-state index contributed by atoms with van der Waals surface area (Å²) in [5.74, 6) is 0.474. The Hall–Kier alpha value is -2.89. The normalized spacial score (nSPS) is 14.6. The number of anilines is 1. The summed E-state index contributed by atoms with van der Waals surface area (Å²) in [6.07, 6.45) is 1.57. The highest BCUT2D eigenvalue weighted by atomic mass is 32.1. The van der Waals surface area contributed by atoms with E-state index >= 15 is 0 Å². The predicted octanol–water partition coefficient (Wildman–Crippen LogP) is 4.06. The molecule has 4 rings (SSSR count). The molecule has 0 atom stereocenters. The summed E-state index contributed by atoms with van der Waals surface area (Å²) in [5.41, 5.74) is 4.57. The van der Waals surface area contributed by atoms with Crippen LogP contribution in [0.1, 0.15) is 36.4 Å². The Morgan fingerprint density at radius 3 is 2.45 bits per heavy atom. The minimum absolute atomic E-state index is 0.238. The second-order valence-electron chi connectivity index (χ2n) is 7.56. The Bertz CT molecular complexity index is 1080. The standard InChI is InChI=1S/C23H25FN6S/c1-3-19-20(13-25)22(28-27-21(19)4-2)30-11-9-29(10-12-30)14-18-15-31-23(26-18)16-5-7-17(24)8-6-16/h5-8,15H,3-4,9-12,14H2,1-2H3. The summed E-state index contributed by atoms with van der Waals surface area (Å²) in [4.78, 5) is 9.26. The minimum Gasteiger partial charge on any atom is -0.351 e. The van der Waals surface area contributed by atoms with Crippen molar-refractivity contribution in [2.24, 2.45) is 0 Å². The molecule has 1 aliphatic heterocycles. The van der Waals surface area contributed by atoms with Crippen LogP contribution in [0.25, 0.3) is 10.6 Å². The fourth-order valence-electron chi connectivity index (χ4n) is 3.95. The maximum atomic E-state index is 13.1. The van der Waals surface area contributed by atoms with Crippen LogP contribution in [0.5, 0.6) is 0 Å². The molecule has 0 spiro atoms. The van der Waals surface area contributed by atoms with Crippen molar-refractivity contribution in [2.45, 2.75) is 33.2 Å². The minimum atomic E-state index is -0.238. The van der Waals surface area contributed by atoms with Gasteiger partial charge in [0.25, 0.3) is 0 Å². The number of aromatic nitrogens is 3. The van der Waals surface area contributed by atoms with Crippen LogP contribution >= 0.6 is 11.3 Å². The van der Waals surface area contributed by atoms with E-state index in [1.807, 2.05) is 6.92 Å². The van der Waals surface area contributed by atoms with Crippen molar-refractivity contribution in [3.05, 3.63) is 58.0 Å². The van der Waals surface area contributed by atoms with Crippen molar-refractivity contribution in [3.8, 4) is 16.6 Å². The van der Waals surface area contributed by atoms with E-state index in [2.05, 4.69) is 38.4 Å². The van der Waals surface area contributed by atoms with Crippen molar-refractivity contribution >= 4 is 17.2 Å². The van der Waals surface area contributed by atoms with Crippen molar-refractivity contribution in [2.75, 3.05) is 31.1 Å². The summed E-state index contributed by atoms with van der Waals surface area (Å²) in [6.45, 7) is 8.21. The van der Waals surface area contributed by atoms with E-state index in [1.165, 1.54) is 12.1 Å². The Morgan fingerprint density at radius 2 is 1.81 bits per heavy atom. The smallest absolute Gasteiger partial charge is 0.169 e. The van der Waals surface area contributed by atoms with Gasteiger partial charge in [-0.25, -0.2) is 9.37 Å². The first kappa shape index (κ1) is 21.3. The number of nitrogens with zero attached hydrogens (tertiary/aromatic N) is 6. The van der Waals surface area contributed by atoms with Crippen molar-refractivity contribution < 1.29 is 4.39 Å². The maximum absolute atomic E-state index is 13.1. The summed E-state index contributed by atoms with van der Waals surface area (Å²) in [6, 6.07) is 8.82. The molecule has 1 aromatic carbocycles. The third-order valence-electron chi connectivity index (χ3n) is 5.64. The largest absolute Gasteiger partial charge is 0.351 e. The van der Waals surface area contributed by atoms with Crippen molar-refractivity contribution in [3.63, 3.8) is 0 Å². The van der Waals surface area contributed by atoms with Crippen molar-refractivity contribution in [1.82, 2.24) is 20.1 Å². The average Bonchev–Trinajstić information content (AvgIpc) is 3.27. The zero-order valence-corrected chi connectivity index (χ0v) is 18.6. The second-order valence-corrected chi connectivity index (χ2v) is 8.41. The molecule has 31 heavy (non-hydrogen) atoms. The first-order valence-corrected chi connectivity index (χ1v) is 11.5. The van der Waals surface area contributed by atoms with Gasteiger partial charge in [0.15, 0.2) is 5.82 Å². The Kier molecular flexibility index (Phi) is 6.54. The third-order valence-corrected chi connectivity index (χ3v) is 6.58. The molecule has 1 saturated heterocycles. The van der Waals surface area contributed by atoms with Gasteiger partial charge >= 0.3 is 0 Å². The average molecular weight is 437 g/mol. The second kappa shape index (κ2) is 9.50. The van der Waals surface area contributed by atoms with Crippen LogP contribution in [0.3, 0.4) is 0 Å². The van der Waals surface area contributed by atoms with Gasteiger partial charge in [0.05, 0.1) is 11.4 Å². The molecule has 160 valence electrons. The highest BCUT2D eigenvalue weighted by Gasteiger charge is 2.24. The molecule has 0 unspecified atom stereocenters. The van der Waals surface area contributed by atoms with Gasteiger partial charge in [-0.15, -0.1) is 16.4 Å². The molecule has 6 nitrogen and oxygen atoms in total. The lowest BCUT2D eigenvalue weighted by molar-refractivity contribution is 0.247. The van der Waals surface area contributed by atoms with Gasteiger partial charge in [0.1, 0.15) is 22.5 Å². The Labute approximate surface area is 186 Å². The van der Waals surface area contributed by atoms with Gasteiger partial charge in [-0.2, -0.15) is 10.4 Å². The van der Waals surface area contributed by atoms with Gasteiger partial charge < -0.3 is 4.90 Å². The molecular weight excluding hydrogens is 411 g/mol. The van der Waals surface area contributed by atoms with Crippen LogP contribution < -0.4 is 4.90 Å². The molecule has 0 bridgehead atoms. The van der Waals surface area contributed by atoms with Crippen LogP contribution in [0.15, 0.2) is 29.6 Å². The number of nitriles is 1. The zero-order valence-electron chi connectivity index (χ0n) is 17.8. The van der Waals surface area contributed by atoms with Crippen LogP contribution in [-0.4, -0.2) is 46.3 Å². The topological polar surface area (TPSA) is 68.9 Å². The van der Waals surface area contributed by atoms with Crippen LogP contribution in [-0.2, 0) is 19.4 Å². The summed E-state index contributed by atoms with van der Waals surface area (Å²) in [5, 5.41) is 21.5. The van der Waals surface area contributed by atoms with Gasteiger partial charge in [-0.1, -0.05) is 13.8 Å². The molecule has 2 aromatic heterocycles. The van der Waals surface area contributed by atoms with Gasteiger partial charge in [-0.05, 0) is 42.7 Å².